The summed E-state index contributed by atoms with van der Waals surface area (Å²) >= 11 is 0. The number of carbonyl (C=O) groups is 1. The fourth-order valence-corrected chi connectivity index (χ4v) is 5.00. The van der Waals surface area contributed by atoms with Gasteiger partial charge in [0.25, 0.3) is 11.6 Å². The lowest BCUT2D eigenvalue weighted by Crippen LogP contribution is -2.14. The number of fused-ring (bicyclic) bond motifs is 1. The lowest BCUT2D eigenvalue weighted by atomic mass is 10.0. The molecule has 2 aromatic heterocycles. The molecular formula is C24H23N5O5S. The zero-order valence-electron chi connectivity index (χ0n) is 19.5. The third kappa shape index (κ3) is 4.50. The van der Waals surface area contributed by atoms with Gasteiger partial charge in [-0.15, -0.1) is 0 Å². The van der Waals surface area contributed by atoms with Gasteiger partial charge >= 0.3 is 0 Å². The van der Waals surface area contributed by atoms with E-state index in [1.165, 1.54) is 36.4 Å². The van der Waals surface area contributed by atoms with Crippen LogP contribution in [0.4, 0.5) is 11.4 Å². The van der Waals surface area contributed by atoms with Crippen LogP contribution in [0.3, 0.4) is 0 Å². The number of sulfone groups is 1. The van der Waals surface area contributed by atoms with E-state index in [0.717, 1.165) is 17.8 Å². The zero-order chi connectivity index (χ0) is 25.5. The second kappa shape index (κ2) is 8.91. The monoisotopic (exact) mass is 493 g/mol. The van der Waals surface area contributed by atoms with Gasteiger partial charge in [0, 0.05) is 30.6 Å². The van der Waals surface area contributed by atoms with E-state index in [0.29, 0.717) is 28.0 Å². The van der Waals surface area contributed by atoms with E-state index in [2.05, 4.69) is 15.4 Å². The van der Waals surface area contributed by atoms with Gasteiger partial charge in [-0.1, -0.05) is 13.8 Å². The van der Waals surface area contributed by atoms with Crippen molar-refractivity contribution in [2.45, 2.75) is 36.5 Å². The first-order valence-electron chi connectivity index (χ1n) is 10.7. The number of benzene rings is 2. The number of nitro benzene ring substituents is 1. The van der Waals surface area contributed by atoms with E-state index in [-0.39, 0.29) is 27.3 Å². The molecule has 0 aliphatic rings. The van der Waals surface area contributed by atoms with Crippen molar-refractivity contribution >= 4 is 38.2 Å². The van der Waals surface area contributed by atoms with Crippen molar-refractivity contribution in [3.05, 3.63) is 81.7 Å². The Morgan fingerprint density at radius 3 is 2.17 bits per heavy atom. The number of aryl methyl sites for hydroxylation is 2. The fraction of sp³-hybridized carbons (Fsp3) is 0.208. The molecule has 4 aromatic rings. The Hall–Kier alpha value is -4.12. The quantitative estimate of drug-likeness (QED) is 0.310. The topological polar surface area (TPSA) is 137 Å². The van der Waals surface area contributed by atoms with Crippen LogP contribution in [0.2, 0.25) is 0 Å². The number of pyridine rings is 1. The van der Waals surface area contributed by atoms with Crippen LogP contribution >= 0.6 is 0 Å². The predicted octanol–water partition coefficient (Wildman–Crippen LogP) is 4.39. The summed E-state index contributed by atoms with van der Waals surface area (Å²) in [6.45, 7) is 5.79. The number of anilines is 1. The maximum absolute atomic E-state index is 13.2. The molecule has 0 unspecified atom stereocenters. The van der Waals surface area contributed by atoms with Gasteiger partial charge in [-0.05, 0) is 55.3 Å². The van der Waals surface area contributed by atoms with E-state index >= 15 is 0 Å². The Balaban J connectivity index is 1.62. The van der Waals surface area contributed by atoms with E-state index in [1.54, 1.807) is 17.8 Å². The minimum absolute atomic E-state index is 0.000788. The number of rotatable bonds is 6. The zero-order valence-corrected chi connectivity index (χ0v) is 20.3. The van der Waals surface area contributed by atoms with Crippen molar-refractivity contribution in [2.75, 3.05) is 5.32 Å². The molecular weight excluding hydrogens is 470 g/mol. The second-order valence-electron chi connectivity index (χ2n) is 8.39. The van der Waals surface area contributed by atoms with Crippen LogP contribution in [0.15, 0.2) is 64.4 Å². The van der Waals surface area contributed by atoms with Crippen LogP contribution < -0.4 is 5.32 Å². The minimum Gasteiger partial charge on any atom is -0.322 e. The number of hydrogen-bond acceptors (Lipinski definition) is 7. The van der Waals surface area contributed by atoms with Crippen molar-refractivity contribution in [3.8, 4) is 0 Å². The molecule has 0 spiro atoms. The van der Waals surface area contributed by atoms with Crippen LogP contribution in [0, 0.1) is 17.0 Å². The highest BCUT2D eigenvalue weighted by Gasteiger charge is 2.21. The normalized spacial score (nSPS) is 11.7. The Kier molecular flexibility index (Phi) is 6.12. The highest BCUT2D eigenvalue weighted by atomic mass is 32.2. The summed E-state index contributed by atoms with van der Waals surface area (Å²) in [4.78, 5) is 28.0. The van der Waals surface area contributed by atoms with Crippen LogP contribution in [0.5, 0.6) is 0 Å². The minimum atomic E-state index is -3.88. The molecule has 0 bridgehead atoms. The summed E-state index contributed by atoms with van der Waals surface area (Å²) < 4.78 is 27.4. The molecule has 0 aliphatic carbocycles. The number of non-ortho nitro benzene ring substituents is 1. The lowest BCUT2D eigenvalue weighted by molar-refractivity contribution is -0.384. The lowest BCUT2D eigenvalue weighted by Gasteiger charge is -2.11. The Morgan fingerprint density at radius 1 is 1.06 bits per heavy atom. The molecule has 0 saturated carbocycles. The van der Waals surface area contributed by atoms with Crippen LogP contribution in [0.1, 0.15) is 41.5 Å². The van der Waals surface area contributed by atoms with Gasteiger partial charge in [0.1, 0.15) is 0 Å². The van der Waals surface area contributed by atoms with E-state index in [9.17, 15) is 23.3 Å². The molecule has 35 heavy (non-hydrogen) atoms. The number of hydrogen-bond donors (Lipinski definition) is 1. The fourth-order valence-electron chi connectivity index (χ4n) is 3.74. The van der Waals surface area contributed by atoms with Gasteiger partial charge in [0.2, 0.25) is 9.84 Å². The molecule has 0 fully saturated rings. The van der Waals surface area contributed by atoms with Gasteiger partial charge < -0.3 is 5.32 Å². The number of nitrogens with zero attached hydrogens (tertiary/aromatic N) is 4. The smallest absolute Gasteiger partial charge is 0.269 e. The summed E-state index contributed by atoms with van der Waals surface area (Å²) in [7, 11) is -2.10. The number of carbonyl (C=O) groups excluding carboxylic acids is 1. The van der Waals surface area contributed by atoms with E-state index < -0.39 is 14.8 Å². The average Bonchev–Trinajstić information content (AvgIpc) is 3.12. The first-order chi connectivity index (χ1) is 16.5. The third-order valence-corrected chi connectivity index (χ3v) is 7.39. The molecule has 0 saturated heterocycles. The molecule has 1 N–H and O–H groups in total. The van der Waals surface area contributed by atoms with E-state index in [4.69, 9.17) is 0 Å². The summed E-state index contributed by atoms with van der Waals surface area (Å²) in [5, 5.41) is 18.7. The van der Waals surface area contributed by atoms with Gasteiger partial charge in [-0.2, -0.15) is 5.10 Å². The maximum Gasteiger partial charge on any atom is 0.269 e. The summed E-state index contributed by atoms with van der Waals surface area (Å²) in [6, 6.07) is 12.2. The maximum atomic E-state index is 13.2. The van der Waals surface area contributed by atoms with Gasteiger partial charge in [0.05, 0.1) is 31.4 Å². The van der Waals surface area contributed by atoms with Crippen molar-refractivity contribution < 1.29 is 18.1 Å². The molecule has 0 atom stereocenters. The summed E-state index contributed by atoms with van der Waals surface area (Å²) in [5.74, 6) is -0.258. The van der Waals surface area contributed by atoms with Gasteiger partial charge in [0.15, 0.2) is 5.65 Å². The van der Waals surface area contributed by atoms with Crippen molar-refractivity contribution in [2.24, 2.45) is 7.05 Å². The summed E-state index contributed by atoms with van der Waals surface area (Å²) in [5.41, 5.74) is 2.71. The SMILES string of the molecule is Cc1nn(C)c2nc(C(C)C)cc(C(=O)Nc3ccc(S(=O)(=O)c4ccc([N+](=O)[O-])cc4)cc3)c12. The molecule has 180 valence electrons. The number of aromatic nitrogens is 3. The molecule has 4 rings (SSSR count). The number of nitro groups is 1. The van der Waals surface area contributed by atoms with E-state index in [1.807, 2.05) is 20.8 Å². The molecule has 0 aliphatic heterocycles. The predicted molar refractivity (Wildman–Crippen MR) is 130 cm³/mol. The molecule has 11 heteroatoms. The molecule has 1 amide bonds. The Morgan fingerprint density at radius 2 is 1.63 bits per heavy atom. The van der Waals surface area contributed by atoms with Crippen LogP contribution in [-0.2, 0) is 16.9 Å². The highest BCUT2D eigenvalue weighted by Crippen LogP contribution is 2.27. The average molecular weight is 494 g/mol. The molecule has 2 aromatic carbocycles. The standard InChI is InChI=1S/C24H23N5O5S/c1-14(2)21-13-20(22-15(3)27-28(4)23(22)26-21)24(30)25-16-5-9-18(10-6-16)35(33,34)19-11-7-17(8-12-19)29(31)32/h5-14H,1-4H3,(H,25,30). The first-order valence-corrected chi connectivity index (χ1v) is 12.2. The number of nitrogens with one attached hydrogen (secondary N) is 1. The number of amides is 1. The van der Waals surface area contributed by atoms with Gasteiger partial charge in [-0.25, -0.2) is 13.4 Å². The largest absolute Gasteiger partial charge is 0.322 e. The Bertz CT molecular complexity index is 1560. The van der Waals surface area contributed by atoms with Crippen molar-refractivity contribution in [3.63, 3.8) is 0 Å². The van der Waals surface area contributed by atoms with Crippen molar-refractivity contribution in [1.29, 1.82) is 0 Å². The second-order valence-corrected chi connectivity index (χ2v) is 10.3. The Labute approximate surface area is 201 Å². The van der Waals surface area contributed by atoms with Crippen LogP contribution in [0.25, 0.3) is 11.0 Å². The molecule has 2 heterocycles. The molecule has 10 nitrogen and oxygen atoms in total. The van der Waals surface area contributed by atoms with Crippen LogP contribution in [-0.4, -0.2) is 34.0 Å². The highest BCUT2D eigenvalue weighted by molar-refractivity contribution is 7.91. The van der Waals surface area contributed by atoms with Gasteiger partial charge in [-0.3, -0.25) is 19.6 Å². The third-order valence-electron chi connectivity index (χ3n) is 5.60. The first kappa shape index (κ1) is 24.0. The van der Waals surface area contributed by atoms with Crippen molar-refractivity contribution in [1.82, 2.24) is 14.8 Å². The summed E-state index contributed by atoms with van der Waals surface area (Å²) in [6.07, 6.45) is 0. The molecule has 0 radical (unpaired) electrons.